The van der Waals surface area contributed by atoms with Crippen molar-refractivity contribution in [1.82, 2.24) is 38.7 Å². The molecule has 6 aromatic heterocycles. The van der Waals surface area contributed by atoms with Gasteiger partial charge in [-0.3, -0.25) is 28.4 Å². The van der Waals surface area contributed by atoms with Gasteiger partial charge in [0.05, 0.1) is 22.4 Å². The van der Waals surface area contributed by atoms with Gasteiger partial charge in [0.15, 0.2) is 22.9 Å². The van der Waals surface area contributed by atoms with E-state index in [1.165, 1.54) is 47.1 Å². The summed E-state index contributed by atoms with van der Waals surface area (Å²) >= 11 is 6.25. The van der Waals surface area contributed by atoms with Crippen LogP contribution in [0.15, 0.2) is 122 Å². The fourth-order valence-electron chi connectivity index (χ4n) is 7.17. The molecule has 10 N–H and O–H groups in total. The summed E-state index contributed by atoms with van der Waals surface area (Å²) in [5.41, 5.74) is 30.7. The van der Waals surface area contributed by atoms with Crippen LogP contribution in [0.1, 0.15) is 32.1 Å². The first-order valence-electron chi connectivity index (χ1n) is 19.8. The Balaban J connectivity index is 0.000000146. The third-order valence-electron chi connectivity index (χ3n) is 10.4. The molecule has 0 bridgehead atoms. The van der Waals surface area contributed by atoms with Crippen molar-refractivity contribution < 1.29 is 28.4 Å². The number of benzene rings is 4. The van der Waals surface area contributed by atoms with Gasteiger partial charge in [-0.05, 0) is 85.0 Å². The molecule has 2 amide bonds. The molecule has 10 aromatic rings. The molecule has 328 valence electrons. The molecule has 0 radical (unpaired) electrons. The Hall–Kier alpha value is -8.39. The van der Waals surface area contributed by atoms with E-state index in [1.54, 1.807) is 53.2 Å². The van der Waals surface area contributed by atoms with Crippen LogP contribution < -0.4 is 28.4 Å². The molecule has 0 aliphatic rings. The number of hydrogen-bond acceptors (Lipinski definition) is 12. The smallest absolute Gasteiger partial charge is 0.423 e. The molecule has 16 nitrogen and oxygen atoms in total. The minimum Gasteiger partial charge on any atom is -0.423 e. The van der Waals surface area contributed by atoms with E-state index < -0.39 is 30.6 Å². The summed E-state index contributed by atoms with van der Waals surface area (Å²) < 4.78 is 30.4. The Morgan fingerprint density at radius 1 is 0.621 bits per heavy atom. The SMILES string of the molecule is Cc1ccnc2ccc(-c3c(-c4cccc(F)c4)nc(N)c4nc(C(N)=O)cn34)cc12.Cc1ccnc2ccc(B(O)O)cc12.NC(=O)c1cn2c(Cl)c(-c3cccc(F)c3)nc(N)c2n1. The maximum atomic E-state index is 14.0. The van der Waals surface area contributed by atoms with Crippen LogP contribution in [0.4, 0.5) is 20.4 Å². The molecule has 0 saturated heterocycles. The molecular weight excluding hydrogens is 869 g/mol. The minimum absolute atomic E-state index is 0.0155. The summed E-state index contributed by atoms with van der Waals surface area (Å²) in [6, 6.07) is 26.7. The minimum atomic E-state index is -1.42. The molecule has 20 heteroatoms. The van der Waals surface area contributed by atoms with E-state index >= 15 is 0 Å². The lowest BCUT2D eigenvalue weighted by Crippen LogP contribution is -2.29. The summed E-state index contributed by atoms with van der Waals surface area (Å²) in [6.07, 6.45) is 6.38. The average Bonchev–Trinajstić information content (AvgIpc) is 3.96. The van der Waals surface area contributed by atoms with Crippen LogP contribution in [0.3, 0.4) is 0 Å². The van der Waals surface area contributed by atoms with Crippen molar-refractivity contribution in [3.8, 4) is 33.8 Å². The lowest BCUT2D eigenvalue weighted by atomic mass is 9.79. The molecule has 0 saturated carbocycles. The van der Waals surface area contributed by atoms with Crippen LogP contribution in [-0.2, 0) is 0 Å². The van der Waals surface area contributed by atoms with Gasteiger partial charge in [-0.15, -0.1) is 0 Å². The lowest BCUT2D eigenvalue weighted by molar-refractivity contribution is 0.0988. The van der Waals surface area contributed by atoms with Crippen LogP contribution >= 0.6 is 11.6 Å². The first-order chi connectivity index (χ1) is 31.6. The van der Waals surface area contributed by atoms with Crippen LogP contribution in [0, 0.1) is 25.5 Å². The van der Waals surface area contributed by atoms with Crippen molar-refractivity contribution in [2.24, 2.45) is 11.5 Å². The second-order valence-corrected chi connectivity index (χ2v) is 15.2. The molecule has 0 fully saturated rings. The molecular formula is C46H36BClF2N12O4. The number of aromatic nitrogens is 8. The molecule has 66 heavy (non-hydrogen) atoms. The van der Waals surface area contributed by atoms with Crippen molar-refractivity contribution in [2.45, 2.75) is 13.8 Å². The number of nitrogens with two attached hydrogens (primary N) is 4. The molecule has 0 atom stereocenters. The Labute approximate surface area is 378 Å². The van der Waals surface area contributed by atoms with Crippen molar-refractivity contribution >= 4 is 80.7 Å². The van der Waals surface area contributed by atoms with E-state index in [2.05, 4.69) is 29.9 Å². The number of fused-ring (bicyclic) bond motifs is 4. The number of halogens is 3. The van der Waals surface area contributed by atoms with Crippen LogP contribution in [-0.4, -0.2) is 67.7 Å². The lowest BCUT2D eigenvalue weighted by Gasteiger charge is -2.14. The predicted molar refractivity (Wildman–Crippen MR) is 249 cm³/mol. The highest BCUT2D eigenvalue weighted by Crippen LogP contribution is 2.36. The van der Waals surface area contributed by atoms with Gasteiger partial charge in [0.25, 0.3) is 11.8 Å². The maximum Gasteiger partial charge on any atom is 0.488 e. The van der Waals surface area contributed by atoms with E-state index in [4.69, 9.17) is 44.6 Å². The molecule has 4 aromatic carbocycles. The number of rotatable bonds is 6. The van der Waals surface area contributed by atoms with Crippen molar-refractivity contribution in [2.75, 3.05) is 11.5 Å². The number of pyridine rings is 2. The monoisotopic (exact) mass is 904 g/mol. The van der Waals surface area contributed by atoms with E-state index in [0.717, 1.165) is 38.5 Å². The number of carbonyl (C=O) groups excluding carboxylic acids is 2. The summed E-state index contributed by atoms with van der Waals surface area (Å²) in [7, 11) is -1.42. The fourth-order valence-corrected chi connectivity index (χ4v) is 7.45. The standard InChI is InChI=1S/C23H17FN6O.C13H9ClFN5O.C10H10BNO2/c1-12-7-8-27-17-6-5-14(10-16(12)17)20-19(13-3-2-4-15(24)9-13)29-21(25)23-28-18(22(26)31)11-30(20)23;14-10-9(6-2-1-3-7(15)4-6)19-11(16)13-18-8(12(17)21)5-20(10)13;1-7-4-5-12-10-3-2-8(11(13)14)6-9(7)10/h2-11H,1H3,(H2,25,29)(H2,26,31);1-5H,(H2,16,19)(H2,17,21);2-6,13-14H,1H3. The van der Waals surface area contributed by atoms with Gasteiger partial charge in [0.1, 0.15) is 33.9 Å². The molecule has 0 spiro atoms. The summed E-state index contributed by atoms with van der Waals surface area (Å²) in [4.78, 5) is 48.4. The second kappa shape index (κ2) is 18.0. The predicted octanol–water partition coefficient (Wildman–Crippen LogP) is 5.83. The molecule has 0 aliphatic carbocycles. The van der Waals surface area contributed by atoms with Gasteiger partial charge in [0, 0.05) is 52.3 Å². The Morgan fingerprint density at radius 2 is 1.12 bits per heavy atom. The third kappa shape index (κ3) is 8.76. The zero-order chi connectivity index (χ0) is 47.0. The number of aryl methyl sites for hydroxylation is 2. The van der Waals surface area contributed by atoms with Crippen molar-refractivity contribution in [1.29, 1.82) is 0 Å². The first-order valence-corrected chi connectivity index (χ1v) is 20.2. The zero-order valence-corrected chi connectivity index (χ0v) is 35.6. The number of primary amides is 2. The quantitative estimate of drug-likeness (QED) is 0.108. The molecule has 10 rings (SSSR count). The van der Waals surface area contributed by atoms with E-state index in [-0.39, 0.29) is 39.5 Å². The van der Waals surface area contributed by atoms with Crippen molar-refractivity contribution in [3.05, 3.63) is 161 Å². The normalized spacial score (nSPS) is 11.0. The van der Waals surface area contributed by atoms with Gasteiger partial charge in [-0.2, -0.15) is 0 Å². The average molecular weight is 905 g/mol. The van der Waals surface area contributed by atoms with Gasteiger partial charge in [0.2, 0.25) is 0 Å². The topological polar surface area (TPSA) is 265 Å². The maximum absolute atomic E-state index is 14.0. The van der Waals surface area contributed by atoms with E-state index in [0.29, 0.717) is 33.6 Å². The molecule has 0 unspecified atom stereocenters. The number of anilines is 2. The van der Waals surface area contributed by atoms with Crippen molar-refractivity contribution in [3.63, 3.8) is 0 Å². The molecule has 6 heterocycles. The van der Waals surface area contributed by atoms with E-state index in [9.17, 15) is 18.4 Å². The number of imidazole rings is 2. The van der Waals surface area contributed by atoms with Gasteiger partial charge < -0.3 is 33.0 Å². The highest BCUT2D eigenvalue weighted by atomic mass is 35.5. The molecule has 0 aliphatic heterocycles. The first kappa shape index (κ1) is 44.2. The van der Waals surface area contributed by atoms with Crippen LogP contribution in [0.5, 0.6) is 0 Å². The van der Waals surface area contributed by atoms with Crippen LogP contribution in [0.25, 0.3) is 66.9 Å². The second-order valence-electron chi connectivity index (χ2n) is 14.9. The summed E-state index contributed by atoms with van der Waals surface area (Å²) in [6.45, 7) is 3.97. The zero-order valence-electron chi connectivity index (χ0n) is 34.9. The summed E-state index contributed by atoms with van der Waals surface area (Å²) in [5.74, 6) is -2.04. The highest BCUT2D eigenvalue weighted by Gasteiger charge is 2.21. The fraction of sp³-hybridized carbons (Fsp3) is 0.0435. The van der Waals surface area contributed by atoms with Gasteiger partial charge in [-0.25, -0.2) is 28.7 Å². The van der Waals surface area contributed by atoms with Crippen LogP contribution in [0.2, 0.25) is 5.15 Å². The number of carbonyl (C=O) groups is 2. The number of amides is 2. The Bertz CT molecular complexity index is 3550. The number of nitrogen functional groups attached to an aromatic ring is 2. The Kier molecular flexibility index (Phi) is 12.1. The van der Waals surface area contributed by atoms with E-state index in [1.807, 2.05) is 44.2 Å². The summed E-state index contributed by atoms with van der Waals surface area (Å²) in [5, 5.41) is 20.1. The largest absolute Gasteiger partial charge is 0.488 e. The third-order valence-corrected chi connectivity index (χ3v) is 10.8. The Morgan fingerprint density at radius 3 is 1.67 bits per heavy atom. The van der Waals surface area contributed by atoms with Gasteiger partial charge in [-0.1, -0.05) is 54.1 Å². The highest BCUT2D eigenvalue weighted by molar-refractivity contribution is 6.58. The number of hydrogen-bond donors (Lipinski definition) is 6. The van der Waals surface area contributed by atoms with Gasteiger partial charge >= 0.3 is 7.12 Å². The number of nitrogens with zero attached hydrogens (tertiary/aromatic N) is 8.